The van der Waals surface area contributed by atoms with Crippen LogP contribution in [0.25, 0.3) is 0 Å². The number of hydrogen-bond acceptors (Lipinski definition) is 4. The van der Waals surface area contributed by atoms with E-state index in [1.165, 1.54) is 0 Å². The van der Waals surface area contributed by atoms with Crippen molar-refractivity contribution in [2.45, 2.75) is 57.5 Å². The number of aromatic nitrogens is 2. The Hall–Kier alpha value is -0.935. The normalized spacial score (nSPS) is 38.4. The molecule has 1 aromatic heterocycles. The minimum atomic E-state index is -2.51. The Morgan fingerprint density at radius 2 is 1.94 bits per heavy atom. The van der Waals surface area contributed by atoms with E-state index in [4.69, 9.17) is 18.9 Å². The zero-order valence-electron chi connectivity index (χ0n) is 17.8. The van der Waals surface area contributed by atoms with Gasteiger partial charge in [0.1, 0.15) is 0 Å². The summed E-state index contributed by atoms with van der Waals surface area (Å²) in [5.74, 6) is -2.36. The minimum Gasteiger partial charge on any atom is -0.398 e. The van der Waals surface area contributed by atoms with Gasteiger partial charge in [0.25, 0.3) is 0 Å². The van der Waals surface area contributed by atoms with Crippen molar-refractivity contribution < 1.29 is 18.9 Å². The lowest BCUT2D eigenvalue weighted by atomic mass is 9.85. The number of nitrogens with zero attached hydrogens (tertiary/aromatic N) is 2. The van der Waals surface area contributed by atoms with Crippen LogP contribution < -0.4 is 5.59 Å². The smallest absolute Gasteiger partial charge is 0.398 e. The van der Waals surface area contributed by atoms with E-state index >= 15 is 0 Å². The molecule has 0 amide bonds. The quantitative estimate of drug-likeness (QED) is 0.752. The molecule has 0 unspecified atom stereocenters. The van der Waals surface area contributed by atoms with Crippen LogP contribution in [-0.4, -0.2) is 28.3 Å². The van der Waals surface area contributed by atoms with E-state index in [2.05, 4.69) is 9.97 Å². The van der Waals surface area contributed by atoms with Gasteiger partial charge < -0.3 is 9.31 Å². The van der Waals surface area contributed by atoms with E-state index in [1.807, 2.05) is 27.7 Å². The largest absolute Gasteiger partial charge is 0.516 e. The average molecular weight is 253 g/mol. The highest BCUT2D eigenvalue weighted by Gasteiger charge is 2.52. The highest BCUT2D eigenvalue weighted by molar-refractivity contribution is 6.61. The summed E-state index contributed by atoms with van der Waals surface area (Å²) in [6, 6.07) is 0. The first-order valence-electron chi connectivity index (χ1n) is 9.31. The van der Waals surface area contributed by atoms with Crippen molar-refractivity contribution in [2.24, 2.45) is 0 Å². The van der Waals surface area contributed by atoms with Gasteiger partial charge in [0.2, 0.25) is 0 Å². The maximum atomic E-state index is 8.21. The summed E-state index contributed by atoms with van der Waals surface area (Å²) in [4.78, 5) is 7.76. The molecule has 0 atom stereocenters. The molecule has 1 aromatic rings. The maximum absolute atomic E-state index is 8.21. The van der Waals surface area contributed by atoms with Crippen molar-refractivity contribution in [1.29, 1.82) is 0 Å². The second-order valence-corrected chi connectivity index (χ2v) is 5.39. The highest BCUT2D eigenvalue weighted by atomic mass is 16.7. The molecule has 1 saturated heterocycles. The first kappa shape index (κ1) is 6.48. The van der Waals surface area contributed by atoms with Crippen LogP contribution in [0, 0.1) is 0 Å². The third-order valence-electron chi connectivity index (χ3n) is 3.53. The van der Waals surface area contributed by atoms with Crippen molar-refractivity contribution in [2.75, 3.05) is 0 Å². The van der Waals surface area contributed by atoms with Gasteiger partial charge in [-0.3, -0.25) is 9.97 Å². The maximum Gasteiger partial charge on any atom is 0.516 e. The van der Waals surface area contributed by atoms with Crippen molar-refractivity contribution in [3.05, 3.63) is 18.0 Å². The molecule has 1 aliphatic carbocycles. The standard InChI is InChI=1S/C13H19BN2O2/c1-12(2)13(3,4)18-14(17-12)11-8-15-7-10(16-11)9-5-6-9/h7-9H,5-6H2,1-4H3/i5D2,6D2,7D,8D,9D. The average Bonchev–Trinajstić information content (AvgIpc) is 2.64. The van der Waals surface area contributed by atoms with E-state index in [0.717, 1.165) is 0 Å². The van der Waals surface area contributed by atoms with Crippen LogP contribution in [0.1, 0.15) is 61.6 Å². The molecule has 3 rings (SSSR count). The molecular formula is C13H19BN2O2. The number of rotatable bonds is 2. The van der Waals surface area contributed by atoms with Gasteiger partial charge in [-0.1, -0.05) is 0 Å². The molecule has 96 valence electrons. The topological polar surface area (TPSA) is 44.2 Å². The van der Waals surface area contributed by atoms with E-state index in [-0.39, 0.29) is 11.8 Å². The Balaban J connectivity index is 2.08. The van der Waals surface area contributed by atoms with Crippen molar-refractivity contribution >= 4 is 12.7 Å². The van der Waals surface area contributed by atoms with Gasteiger partial charge in [0.05, 0.1) is 25.2 Å². The SMILES string of the molecule is [2H]c1nc([2H])c(C2([2H])C([2H])([2H])C2([2H])[2H])nc1B1OC(C)(C)C(C)(C)O1. The van der Waals surface area contributed by atoms with Crippen LogP contribution in [0.3, 0.4) is 0 Å². The molecule has 2 aliphatic rings. The lowest BCUT2D eigenvalue weighted by molar-refractivity contribution is 0.00578. The van der Waals surface area contributed by atoms with Gasteiger partial charge >= 0.3 is 7.12 Å². The summed E-state index contributed by atoms with van der Waals surface area (Å²) in [6.07, 6.45) is -5.99. The van der Waals surface area contributed by atoms with Crippen LogP contribution in [0.4, 0.5) is 0 Å². The predicted molar refractivity (Wildman–Crippen MR) is 69.7 cm³/mol. The molecule has 4 nitrogen and oxygen atoms in total. The summed E-state index contributed by atoms with van der Waals surface area (Å²) in [5, 5.41) is 0. The Bertz CT molecular complexity index is 726. The Morgan fingerprint density at radius 1 is 1.33 bits per heavy atom. The van der Waals surface area contributed by atoms with Crippen LogP contribution in [-0.2, 0) is 9.31 Å². The van der Waals surface area contributed by atoms with Crippen LogP contribution in [0.5, 0.6) is 0 Å². The predicted octanol–water partition coefficient (Wildman–Crippen LogP) is 1.65. The van der Waals surface area contributed by atoms with Crippen LogP contribution in [0.15, 0.2) is 12.3 Å². The number of hydrogen-bond donors (Lipinski definition) is 0. The van der Waals surface area contributed by atoms with E-state index in [1.54, 1.807) is 0 Å². The first-order chi connectivity index (χ1) is 11.1. The molecule has 0 spiro atoms. The van der Waals surface area contributed by atoms with Crippen molar-refractivity contribution in [3.8, 4) is 0 Å². The molecule has 0 radical (unpaired) electrons. The third-order valence-corrected chi connectivity index (χ3v) is 3.53. The molecule has 2 heterocycles. The van der Waals surface area contributed by atoms with Crippen LogP contribution in [0.2, 0.25) is 0 Å². The summed E-state index contributed by atoms with van der Waals surface area (Å²) in [6.45, 7) is 7.25. The molecule has 0 aromatic carbocycles. The third kappa shape index (κ3) is 1.95. The molecule has 1 aliphatic heterocycles. The van der Waals surface area contributed by atoms with Gasteiger partial charge in [-0.05, 0) is 40.4 Å². The minimum absolute atomic E-state index is 0.0882. The highest BCUT2D eigenvalue weighted by Crippen LogP contribution is 2.39. The molecule has 5 heteroatoms. The van der Waals surface area contributed by atoms with Gasteiger partial charge in [0, 0.05) is 25.1 Å². The molecule has 1 saturated carbocycles. The van der Waals surface area contributed by atoms with E-state index < -0.39 is 48.8 Å². The molecular weight excluding hydrogens is 227 g/mol. The lowest BCUT2D eigenvalue weighted by Crippen LogP contribution is -2.41. The summed E-state index contributed by atoms with van der Waals surface area (Å²) < 4.78 is 66.6. The first-order valence-corrected chi connectivity index (χ1v) is 5.81. The zero-order chi connectivity index (χ0) is 19.2. The van der Waals surface area contributed by atoms with Gasteiger partial charge in [-0.15, -0.1) is 0 Å². The molecule has 0 bridgehead atoms. The lowest BCUT2D eigenvalue weighted by Gasteiger charge is -2.32. The monoisotopic (exact) mass is 253 g/mol. The summed E-state index contributed by atoms with van der Waals surface area (Å²) in [5.41, 5.74) is -1.95. The van der Waals surface area contributed by atoms with Crippen LogP contribution >= 0.6 is 0 Å². The van der Waals surface area contributed by atoms with E-state index in [0.29, 0.717) is 0 Å². The second kappa shape index (κ2) is 3.78. The zero-order valence-corrected chi connectivity index (χ0v) is 10.8. The second-order valence-electron chi connectivity index (χ2n) is 5.39. The fourth-order valence-corrected chi connectivity index (χ4v) is 1.63. The fraction of sp³-hybridized carbons (Fsp3) is 0.692. The summed E-state index contributed by atoms with van der Waals surface area (Å²) in [7, 11) is -1.07. The fourth-order valence-electron chi connectivity index (χ4n) is 1.63. The molecule has 18 heavy (non-hydrogen) atoms. The molecule has 0 N–H and O–H groups in total. The Kier molecular flexibility index (Phi) is 1.36. The van der Waals surface area contributed by atoms with Gasteiger partial charge in [0.15, 0.2) is 0 Å². The van der Waals surface area contributed by atoms with E-state index in [9.17, 15) is 0 Å². The van der Waals surface area contributed by atoms with Crippen molar-refractivity contribution in [3.63, 3.8) is 0 Å². The van der Waals surface area contributed by atoms with Gasteiger partial charge in [-0.2, -0.15) is 0 Å². The van der Waals surface area contributed by atoms with Crippen molar-refractivity contribution in [1.82, 2.24) is 9.97 Å². The summed E-state index contributed by atoms with van der Waals surface area (Å²) >= 11 is 0. The Morgan fingerprint density at radius 3 is 2.50 bits per heavy atom. The Labute approximate surface area is 118 Å². The van der Waals surface area contributed by atoms with Gasteiger partial charge in [-0.25, -0.2) is 0 Å². The molecule has 2 fully saturated rings.